The first kappa shape index (κ1) is 13.1. The standard InChI is InChI=1S/C16H15F2NO/c17-12-2-4-15(18)11(7-12)8-16-14-9-13(20)3-1-10(14)5-6-19-16/h1-4,7,9,16,19-20H,5-6,8H2. The van der Waals surface area contributed by atoms with Gasteiger partial charge in [0.15, 0.2) is 0 Å². The molecule has 2 aromatic rings. The Bertz CT molecular complexity index is 642. The van der Waals surface area contributed by atoms with Crippen molar-refractivity contribution in [1.29, 1.82) is 0 Å². The molecule has 1 heterocycles. The molecular formula is C16H15F2NO. The first-order valence-electron chi connectivity index (χ1n) is 6.62. The van der Waals surface area contributed by atoms with E-state index in [4.69, 9.17) is 0 Å². The van der Waals surface area contributed by atoms with Crippen LogP contribution in [0.25, 0.3) is 0 Å². The lowest BCUT2D eigenvalue weighted by atomic mass is 9.90. The summed E-state index contributed by atoms with van der Waals surface area (Å²) < 4.78 is 27.0. The van der Waals surface area contributed by atoms with Gasteiger partial charge >= 0.3 is 0 Å². The highest BCUT2D eigenvalue weighted by Crippen LogP contribution is 2.29. The summed E-state index contributed by atoms with van der Waals surface area (Å²) in [6.45, 7) is 0.791. The van der Waals surface area contributed by atoms with Gasteiger partial charge in [-0.2, -0.15) is 0 Å². The quantitative estimate of drug-likeness (QED) is 0.882. The van der Waals surface area contributed by atoms with E-state index in [1.165, 1.54) is 6.07 Å². The van der Waals surface area contributed by atoms with Crippen molar-refractivity contribution in [3.05, 3.63) is 64.7 Å². The molecule has 3 rings (SSSR count). The van der Waals surface area contributed by atoms with Crippen LogP contribution in [-0.2, 0) is 12.8 Å². The van der Waals surface area contributed by atoms with Gasteiger partial charge in [-0.1, -0.05) is 6.07 Å². The molecule has 1 aliphatic heterocycles. The van der Waals surface area contributed by atoms with E-state index in [0.29, 0.717) is 12.0 Å². The van der Waals surface area contributed by atoms with E-state index in [0.717, 1.165) is 36.2 Å². The summed E-state index contributed by atoms with van der Waals surface area (Å²) in [5.41, 5.74) is 2.45. The van der Waals surface area contributed by atoms with Crippen molar-refractivity contribution in [2.45, 2.75) is 18.9 Å². The number of halogens is 2. The van der Waals surface area contributed by atoms with Gasteiger partial charge in [0, 0.05) is 6.04 Å². The van der Waals surface area contributed by atoms with Crippen LogP contribution >= 0.6 is 0 Å². The molecule has 0 aliphatic carbocycles. The fourth-order valence-corrected chi connectivity index (χ4v) is 2.73. The van der Waals surface area contributed by atoms with Crippen LogP contribution in [0.15, 0.2) is 36.4 Å². The Balaban J connectivity index is 1.93. The first-order chi connectivity index (χ1) is 9.63. The summed E-state index contributed by atoms with van der Waals surface area (Å²) in [7, 11) is 0. The second kappa shape index (κ2) is 5.21. The van der Waals surface area contributed by atoms with Crippen molar-refractivity contribution in [2.24, 2.45) is 0 Å². The molecule has 0 spiro atoms. The van der Waals surface area contributed by atoms with Crippen molar-refractivity contribution < 1.29 is 13.9 Å². The monoisotopic (exact) mass is 275 g/mol. The van der Waals surface area contributed by atoms with E-state index < -0.39 is 11.6 Å². The smallest absolute Gasteiger partial charge is 0.126 e. The van der Waals surface area contributed by atoms with Gasteiger partial charge in [-0.05, 0) is 66.4 Å². The molecule has 1 atom stereocenters. The van der Waals surface area contributed by atoms with E-state index in [1.54, 1.807) is 12.1 Å². The molecule has 0 saturated carbocycles. The predicted octanol–water partition coefficient (Wildman–Crippen LogP) is 3.10. The fraction of sp³-hybridized carbons (Fsp3) is 0.250. The van der Waals surface area contributed by atoms with Crippen LogP contribution in [0.1, 0.15) is 22.7 Å². The summed E-state index contributed by atoms with van der Waals surface area (Å²) >= 11 is 0. The Hall–Kier alpha value is -1.94. The van der Waals surface area contributed by atoms with E-state index in [9.17, 15) is 13.9 Å². The Morgan fingerprint density at radius 1 is 1.15 bits per heavy atom. The molecule has 2 nitrogen and oxygen atoms in total. The fourth-order valence-electron chi connectivity index (χ4n) is 2.73. The van der Waals surface area contributed by atoms with Crippen molar-refractivity contribution in [2.75, 3.05) is 6.54 Å². The number of hydrogen-bond donors (Lipinski definition) is 2. The van der Waals surface area contributed by atoms with Crippen LogP contribution in [0, 0.1) is 11.6 Å². The molecule has 0 bridgehead atoms. The number of aromatic hydroxyl groups is 1. The number of fused-ring (bicyclic) bond motifs is 1. The minimum Gasteiger partial charge on any atom is -0.508 e. The highest BCUT2D eigenvalue weighted by atomic mass is 19.1. The number of nitrogens with one attached hydrogen (secondary N) is 1. The van der Waals surface area contributed by atoms with Gasteiger partial charge in [-0.25, -0.2) is 8.78 Å². The average Bonchev–Trinajstić information content (AvgIpc) is 2.43. The zero-order chi connectivity index (χ0) is 14.1. The summed E-state index contributed by atoms with van der Waals surface area (Å²) in [6.07, 6.45) is 1.23. The summed E-state index contributed by atoms with van der Waals surface area (Å²) in [6, 6.07) is 8.63. The zero-order valence-corrected chi connectivity index (χ0v) is 10.9. The van der Waals surface area contributed by atoms with Gasteiger partial charge in [0.05, 0.1) is 0 Å². The van der Waals surface area contributed by atoms with Crippen molar-refractivity contribution in [3.8, 4) is 5.75 Å². The Labute approximate surface area is 116 Å². The topological polar surface area (TPSA) is 32.3 Å². The number of rotatable bonds is 2. The Kier molecular flexibility index (Phi) is 3.40. The van der Waals surface area contributed by atoms with Crippen molar-refractivity contribution >= 4 is 0 Å². The molecule has 0 radical (unpaired) electrons. The van der Waals surface area contributed by atoms with Crippen molar-refractivity contribution in [3.63, 3.8) is 0 Å². The van der Waals surface area contributed by atoms with Crippen LogP contribution in [-0.4, -0.2) is 11.7 Å². The van der Waals surface area contributed by atoms with Gasteiger partial charge in [0.25, 0.3) is 0 Å². The number of phenols is 1. The van der Waals surface area contributed by atoms with E-state index >= 15 is 0 Å². The molecule has 2 N–H and O–H groups in total. The van der Waals surface area contributed by atoms with Crippen LogP contribution in [0.5, 0.6) is 5.75 Å². The zero-order valence-electron chi connectivity index (χ0n) is 10.9. The second-order valence-electron chi connectivity index (χ2n) is 5.08. The second-order valence-corrected chi connectivity index (χ2v) is 5.08. The third-order valence-corrected chi connectivity index (χ3v) is 3.72. The highest BCUT2D eigenvalue weighted by Gasteiger charge is 2.21. The van der Waals surface area contributed by atoms with Crippen LogP contribution < -0.4 is 5.32 Å². The highest BCUT2D eigenvalue weighted by molar-refractivity contribution is 5.39. The normalized spacial score (nSPS) is 17.8. The van der Waals surface area contributed by atoms with E-state index in [1.807, 2.05) is 6.07 Å². The molecule has 20 heavy (non-hydrogen) atoms. The van der Waals surface area contributed by atoms with Crippen LogP contribution in [0.3, 0.4) is 0 Å². The average molecular weight is 275 g/mol. The largest absolute Gasteiger partial charge is 0.508 e. The molecule has 1 aliphatic rings. The van der Waals surface area contributed by atoms with Crippen molar-refractivity contribution in [1.82, 2.24) is 5.32 Å². The van der Waals surface area contributed by atoms with Crippen LogP contribution in [0.4, 0.5) is 8.78 Å². The maximum atomic E-state index is 13.7. The van der Waals surface area contributed by atoms with Gasteiger partial charge < -0.3 is 10.4 Å². The number of phenolic OH excluding ortho intramolecular Hbond substituents is 1. The minimum absolute atomic E-state index is 0.109. The first-order valence-corrected chi connectivity index (χ1v) is 6.62. The molecule has 0 amide bonds. The van der Waals surface area contributed by atoms with Crippen LogP contribution in [0.2, 0.25) is 0 Å². The molecular weight excluding hydrogens is 260 g/mol. The summed E-state index contributed by atoms with van der Waals surface area (Å²) in [4.78, 5) is 0. The summed E-state index contributed by atoms with van der Waals surface area (Å²) in [5, 5.41) is 12.9. The molecule has 4 heteroatoms. The third kappa shape index (κ3) is 2.51. The minimum atomic E-state index is -0.437. The predicted molar refractivity (Wildman–Crippen MR) is 72.6 cm³/mol. The summed E-state index contributed by atoms with van der Waals surface area (Å²) in [5.74, 6) is -0.647. The van der Waals surface area contributed by atoms with Gasteiger partial charge in [-0.3, -0.25) is 0 Å². The molecule has 0 aromatic heterocycles. The number of hydrogen-bond acceptors (Lipinski definition) is 2. The molecule has 1 unspecified atom stereocenters. The molecule has 104 valence electrons. The SMILES string of the molecule is Oc1ccc2c(c1)C(Cc1cc(F)ccc1F)NCC2. The van der Waals surface area contributed by atoms with Gasteiger partial charge in [0.2, 0.25) is 0 Å². The molecule has 0 saturated heterocycles. The van der Waals surface area contributed by atoms with Gasteiger partial charge in [0.1, 0.15) is 17.4 Å². The Morgan fingerprint density at radius 3 is 2.85 bits per heavy atom. The number of benzene rings is 2. The molecule has 2 aromatic carbocycles. The van der Waals surface area contributed by atoms with E-state index in [-0.39, 0.29) is 11.8 Å². The molecule has 0 fully saturated rings. The lowest BCUT2D eigenvalue weighted by Gasteiger charge is -2.27. The van der Waals surface area contributed by atoms with E-state index in [2.05, 4.69) is 5.32 Å². The maximum Gasteiger partial charge on any atom is 0.126 e. The maximum absolute atomic E-state index is 13.7. The lowest BCUT2D eigenvalue weighted by molar-refractivity contribution is 0.460. The lowest BCUT2D eigenvalue weighted by Crippen LogP contribution is -2.31. The third-order valence-electron chi connectivity index (χ3n) is 3.72. The Morgan fingerprint density at radius 2 is 2.00 bits per heavy atom. The van der Waals surface area contributed by atoms with Gasteiger partial charge in [-0.15, -0.1) is 0 Å².